The number of carbonyl (C=O) groups is 1. The first-order valence-electron chi connectivity index (χ1n) is 10.2. The Balaban J connectivity index is 1.80. The summed E-state index contributed by atoms with van der Waals surface area (Å²) in [6.45, 7) is 2.80. The molecule has 1 aromatic heterocycles. The van der Waals surface area contributed by atoms with E-state index in [9.17, 15) is 4.79 Å². The molecule has 0 spiro atoms. The molecule has 2 N–H and O–H groups in total. The maximum absolute atomic E-state index is 12.2. The first-order chi connectivity index (χ1) is 15.0. The lowest BCUT2D eigenvalue weighted by molar-refractivity contribution is 0.100. The summed E-state index contributed by atoms with van der Waals surface area (Å²) in [6, 6.07) is 28.4. The van der Waals surface area contributed by atoms with Crippen molar-refractivity contribution in [2.24, 2.45) is 5.73 Å². The van der Waals surface area contributed by atoms with Crippen molar-refractivity contribution in [3.05, 3.63) is 107 Å². The van der Waals surface area contributed by atoms with Crippen LogP contribution in [0.15, 0.2) is 84.9 Å². The van der Waals surface area contributed by atoms with Crippen molar-refractivity contribution in [2.45, 2.75) is 13.5 Å². The Hall–Kier alpha value is -3.56. The Morgan fingerprint density at radius 3 is 2.35 bits per heavy atom. The van der Waals surface area contributed by atoms with E-state index >= 15 is 0 Å². The SMILES string of the molecule is Cc1cccc(Cn2c3cc(-c4ccc(Cl)cc4)ccc3c3c(C(N)=O)cccc32)c1. The monoisotopic (exact) mass is 424 g/mol. The average Bonchev–Trinajstić information content (AvgIpc) is 3.07. The van der Waals surface area contributed by atoms with E-state index in [2.05, 4.69) is 60.0 Å². The first kappa shape index (κ1) is 19.4. The number of primary amides is 1. The van der Waals surface area contributed by atoms with Gasteiger partial charge in [0.1, 0.15) is 0 Å². The lowest BCUT2D eigenvalue weighted by Crippen LogP contribution is -2.11. The van der Waals surface area contributed by atoms with Crippen LogP contribution in [-0.2, 0) is 6.54 Å². The van der Waals surface area contributed by atoms with Gasteiger partial charge in [-0.15, -0.1) is 0 Å². The van der Waals surface area contributed by atoms with Crippen LogP contribution in [0.1, 0.15) is 21.5 Å². The Bertz CT molecular complexity index is 1450. The number of amides is 1. The molecule has 0 aliphatic heterocycles. The molecule has 1 heterocycles. The molecule has 0 saturated carbocycles. The summed E-state index contributed by atoms with van der Waals surface area (Å²) < 4.78 is 2.27. The smallest absolute Gasteiger partial charge is 0.249 e. The van der Waals surface area contributed by atoms with Crippen LogP contribution in [0.25, 0.3) is 32.9 Å². The Morgan fingerprint density at radius 1 is 0.871 bits per heavy atom. The molecule has 0 aliphatic carbocycles. The molecule has 4 aromatic carbocycles. The fourth-order valence-corrected chi connectivity index (χ4v) is 4.46. The van der Waals surface area contributed by atoms with Gasteiger partial charge in [-0.05, 0) is 53.9 Å². The predicted octanol–water partition coefficient (Wildman–Crippen LogP) is 6.57. The third-order valence-corrected chi connectivity index (χ3v) is 6.01. The van der Waals surface area contributed by atoms with Crippen LogP contribution >= 0.6 is 11.6 Å². The molecule has 0 aliphatic rings. The summed E-state index contributed by atoms with van der Waals surface area (Å²) in [5.74, 6) is -0.415. The number of fused-ring (bicyclic) bond motifs is 3. The van der Waals surface area contributed by atoms with Crippen molar-refractivity contribution < 1.29 is 4.79 Å². The van der Waals surface area contributed by atoms with Gasteiger partial charge in [0.2, 0.25) is 5.91 Å². The largest absolute Gasteiger partial charge is 0.366 e. The summed E-state index contributed by atoms with van der Waals surface area (Å²) in [6.07, 6.45) is 0. The fourth-order valence-electron chi connectivity index (χ4n) is 4.33. The van der Waals surface area contributed by atoms with E-state index in [1.54, 1.807) is 6.07 Å². The van der Waals surface area contributed by atoms with Gasteiger partial charge in [-0.25, -0.2) is 0 Å². The van der Waals surface area contributed by atoms with Crippen molar-refractivity contribution >= 4 is 39.3 Å². The molecule has 0 unspecified atom stereocenters. The number of rotatable bonds is 4. The Morgan fingerprint density at radius 2 is 1.61 bits per heavy atom. The van der Waals surface area contributed by atoms with Crippen molar-refractivity contribution in [1.82, 2.24) is 4.57 Å². The van der Waals surface area contributed by atoms with Gasteiger partial charge in [-0.1, -0.05) is 71.8 Å². The van der Waals surface area contributed by atoms with E-state index in [0.717, 1.165) is 32.9 Å². The summed E-state index contributed by atoms with van der Waals surface area (Å²) in [4.78, 5) is 12.2. The summed E-state index contributed by atoms with van der Waals surface area (Å²) in [5.41, 5.74) is 13.0. The van der Waals surface area contributed by atoms with Gasteiger partial charge in [0.15, 0.2) is 0 Å². The standard InChI is InChI=1S/C27H21ClN2O/c1-17-4-2-5-18(14-17)16-30-24-7-3-6-23(27(29)31)26(24)22-13-10-20(15-25(22)30)19-8-11-21(28)12-9-19/h2-15H,16H2,1H3,(H2,29,31). The van der Waals surface area contributed by atoms with E-state index in [-0.39, 0.29) is 0 Å². The number of aromatic nitrogens is 1. The van der Waals surface area contributed by atoms with Gasteiger partial charge in [0.05, 0.1) is 11.0 Å². The van der Waals surface area contributed by atoms with Crippen molar-refractivity contribution in [3.8, 4) is 11.1 Å². The van der Waals surface area contributed by atoms with Gasteiger partial charge in [0.25, 0.3) is 0 Å². The third kappa shape index (κ3) is 3.47. The summed E-state index contributed by atoms with van der Waals surface area (Å²) in [7, 11) is 0. The van der Waals surface area contributed by atoms with E-state index < -0.39 is 5.91 Å². The highest BCUT2D eigenvalue weighted by Gasteiger charge is 2.17. The minimum Gasteiger partial charge on any atom is -0.366 e. The average molecular weight is 425 g/mol. The minimum absolute atomic E-state index is 0.415. The maximum atomic E-state index is 12.2. The summed E-state index contributed by atoms with van der Waals surface area (Å²) >= 11 is 6.08. The predicted molar refractivity (Wildman–Crippen MR) is 129 cm³/mol. The zero-order valence-corrected chi connectivity index (χ0v) is 17.9. The fraction of sp³-hybridized carbons (Fsp3) is 0.0741. The molecular weight excluding hydrogens is 404 g/mol. The van der Waals surface area contributed by atoms with Gasteiger partial charge >= 0.3 is 0 Å². The summed E-state index contributed by atoms with van der Waals surface area (Å²) in [5, 5.41) is 2.64. The molecule has 1 amide bonds. The van der Waals surface area contributed by atoms with Crippen LogP contribution in [0.5, 0.6) is 0 Å². The van der Waals surface area contributed by atoms with Crippen LogP contribution in [0, 0.1) is 6.92 Å². The number of carbonyl (C=O) groups excluding carboxylic acids is 1. The van der Waals surface area contributed by atoms with Crippen LogP contribution < -0.4 is 5.73 Å². The lowest BCUT2D eigenvalue weighted by Gasteiger charge is -2.10. The van der Waals surface area contributed by atoms with Crippen molar-refractivity contribution in [1.29, 1.82) is 0 Å². The van der Waals surface area contributed by atoms with E-state index in [1.165, 1.54) is 11.1 Å². The highest BCUT2D eigenvalue weighted by atomic mass is 35.5. The molecule has 4 heteroatoms. The number of nitrogens with two attached hydrogens (primary N) is 1. The number of aryl methyl sites for hydroxylation is 1. The van der Waals surface area contributed by atoms with Gasteiger partial charge in [-0.2, -0.15) is 0 Å². The first-order valence-corrected chi connectivity index (χ1v) is 10.6. The van der Waals surface area contributed by atoms with E-state index in [0.29, 0.717) is 17.1 Å². The van der Waals surface area contributed by atoms with Crippen LogP contribution in [0.4, 0.5) is 0 Å². The molecule has 152 valence electrons. The van der Waals surface area contributed by atoms with Gasteiger partial charge in [-0.3, -0.25) is 4.79 Å². The zero-order valence-electron chi connectivity index (χ0n) is 17.1. The molecule has 0 fully saturated rings. The molecule has 0 atom stereocenters. The molecule has 5 aromatic rings. The molecule has 5 rings (SSSR count). The lowest BCUT2D eigenvalue weighted by atomic mass is 10.0. The molecular formula is C27H21ClN2O. The van der Waals surface area contributed by atoms with Crippen molar-refractivity contribution in [2.75, 3.05) is 0 Å². The second kappa shape index (κ2) is 7.60. The van der Waals surface area contributed by atoms with Crippen molar-refractivity contribution in [3.63, 3.8) is 0 Å². The van der Waals surface area contributed by atoms with Gasteiger partial charge in [0, 0.05) is 27.9 Å². The zero-order chi connectivity index (χ0) is 21.5. The third-order valence-electron chi connectivity index (χ3n) is 5.76. The highest BCUT2D eigenvalue weighted by molar-refractivity contribution is 6.30. The Labute approximate surface area is 185 Å². The normalized spacial score (nSPS) is 11.3. The van der Waals surface area contributed by atoms with Gasteiger partial charge < -0.3 is 10.3 Å². The molecule has 0 saturated heterocycles. The molecule has 0 radical (unpaired) electrons. The van der Waals surface area contributed by atoms with Crippen LogP contribution in [0.2, 0.25) is 5.02 Å². The minimum atomic E-state index is -0.415. The quantitative estimate of drug-likeness (QED) is 0.348. The van der Waals surface area contributed by atoms with E-state index in [1.807, 2.05) is 30.3 Å². The number of benzene rings is 4. The number of hydrogen-bond donors (Lipinski definition) is 1. The number of halogens is 1. The second-order valence-electron chi connectivity index (χ2n) is 7.88. The van der Waals surface area contributed by atoms with Crippen LogP contribution in [0.3, 0.4) is 0 Å². The number of nitrogens with zero attached hydrogens (tertiary/aromatic N) is 1. The van der Waals surface area contributed by atoms with E-state index in [4.69, 9.17) is 17.3 Å². The Kier molecular flexibility index (Phi) is 4.76. The molecule has 0 bridgehead atoms. The maximum Gasteiger partial charge on any atom is 0.249 e. The molecule has 31 heavy (non-hydrogen) atoms. The highest BCUT2D eigenvalue weighted by Crippen LogP contribution is 2.35. The topological polar surface area (TPSA) is 48.0 Å². The number of hydrogen-bond acceptors (Lipinski definition) is 1. The van der Waals surface area contributed by atoms with Crippen LogP contribution in [-0.4, -0.2) is 10.5 Å². The second-order valence-corrected chi connectivity index (χ2v) is 8.31. The molecule has 3 nitrogen and oxygen atoms in total.